The highest BCUT2D eigenvalue weighted by Gasteiger charge is 2.37. The molecule has 6 rings (SSSR count). The van der Waals surface area contributed by atoms with Crippen molar-refractivity contribution in [3.05, 3.63) is 81.7 Å². The molecule has 38 heavy (non-hydrogen) atoms. The summed E-state index contributed by atoms with van der Waals surface area (Å²) in [5.74, 6) is 0.266. The van der Waals surface area contributed by atoms with Gasteiger partial charge < -0.3 is 19.5 Å². The standard InChI is InChI=1S/C30H29ClN2O5/c1-17-3-2-4-24(31)26(17)27-23(28(38-33-27)18-5-6-18)16-37-20-9-12-30(36,13-10-20)19-7-8-25-22(15-19)21(29(34)35)11-14-32-25/h2-4,7-8,11,14-15,18,20,36H,5-6,9-10,12-13,16H2,1H3,(H,34,35). The van der Waals surface area contributed by atoms with E-state index in [2.05, 4.69) is 10.1 Å². The van der Waals surface area contributed by atoms with E-state index in [0.29, 0.717) is 59.7 Å². The lowest BCUT2D eigenvalue weighted by molar-refractivity contribution is -0.0640. The Hall–Kier alpha value is -3.26. The predicted octanol–water partition coefficient (Wildman–Crippen LogP) is 6.77. The molecule has 0 unspecified atom stereocenters. The lowest BCUT2D eigenvalue weighted by atomic mass is 9.78. The molecule has 2 aromatic carbocycles. The molecular weight excluding hydrogens is 504 g/mol. The molecular formula is C30H29ClN2O5. The number of aromatic nitrogens is 2. The minimum Gasteiger partial charge on any atom is -0.478 e. The van der Waals surface area contributed by atoms with E-state index in [0.717, 1.165) is 41.0 Å². The van der Waals surface area contributed by atoms with Crippen LogP contribution in [-0.2, 0) is 16.9 Å². The van der Waals surface area contributed by atoms with Crippen LogP contribution in [-0.4, -0.2) is 32.4 Å². The van der Waals surface area contributed by atoms with Crippen LogP contribution >= 0.6 is 11.6 Å². The molecule has 2 fully saturated rings. The fourth-order valence-electron chi connectivity index (χ4n) is 5.60. The van der Waals surface area contributed by atoms with Gasteiger partial charge in [0.15, 0.2) is 0 Å². The summed E-state index contributed by atoms with van der Waals surface area (Å²) < 4.78 is 12.2. The number of halogens is 1. The van der Waals surface area contributed by atoms with Crippen molar-refractivity contribution in [2.75, 3.05) is 0 Å². The van der Waals surface area contributed by atoms with Gasteiger partial charge >= 0.3 is 5.97 Å². The highest BCUT2D eigenvalue weighted by atomic mass is 35.5. The van der Waals surface area contributed by atoms with Crippen LogP contribution in [0.25, 0.3) is 22.2 Å². The van der Waals surface area contributed by atoms with Crippen molar-refractivity contribution in [1.82, 2.24) is 10.1 Å². The largest absolute Gasteiger partial charge is 0.478 e. The molecule has 0 saturated heterocycles. The molecule has 4 aromatic rings. The molecule has 0 radical (unpaired) electrons. The van der Waals surface area contributed by atoms with Crippen LogP contribution in [0.15, 0.2) is 53.2 Å². The summed E-state index contributed by atoms with van der Waals surface area (Å²) in [5, 5.41) is 26.7. The second-order valence-electron chi connectivity index (χ2n) is 10.5. The summed E-state index contributed by atoms with van der Waals surface area (Å²) in [7, 11) is 0. The number of fused-ring (bicyclic) bond motifs is 1. The summed E-state index contributed by atoms with van der Waals surface area (Å²) in [4.78, 5) is 16.0. The number of carboxylic acid groups (broad SMARTS) is 1. The van der Waals surface area contributed by atoms with Gasteiger partial charge in [-0.2, -0.15) is 0 Å². The van der Waals surface area contributed by atoms with Gasteiger partial charge in [0.25, 0.3) is 0 Å². The summed E-state index contributed by atoms with van der Waals surface area (Å²) in [5.41, 5.74) is 4.08. The quantitative estimate of drug-likeness (QED) is 0.270. The number of aliphatic hydroxyl groups is 1. The number of hydrogen-bond acceptors (Lipinski definition) is 6. The van der Waals surface area contributed by atoms with E-state index < -0.39 is 11.6 Å². The third-order valence-corrected chi connectivity index (χ3v) is 8.27. The lowest BCUT2D eigenvalue weighted by Gasteiger charge is -2.36. The third kappa shape index (κ3) is 4.59. The van der Waals surface area contributed by atoms with E-state index in [1.165, 1.54) is 12.3 Å². The van der Waals surface area contributed by atoms with Crippen molar-refractivity contribution >= 4 is 28.5 Å². The van der Waals surface area contributed by atoms with E-state index in [1.807, 2.05) is 31.2 Å². The monoisotopic (exact) mass is 532 g/mol. The summed E-state index contributed by atoms with van der Waals surface area (Å²) in [6.07, 6.45) is 6.04. The first kappa shape index (κ1) is 25.0. The number of nitrogens with zero attached hydrogens (tertiary/aromatic N) is 2. The minimum absolute atomic E-state index is 0.0193. The number of rotatable bonds is 7. The van der Waals surface area contributed by atoms with Gasteiger partial charge in [-0.25, -0.2) is 4.79 Å². The molecule has 2 N–H and O–H groups in total. The van der Waals surface area contributed by atoms with Gasteiger partial charge in [-0.1, -0.05) is 35.0 Å². The highest BCUT2D eigenvalue weighted by molar-refractivity contribution is 6.33. The van der Waals surface area contributed by atoms with Crippen LogP contribution in [0.2, 0.25) is 5.02 Å². The van der Waals surface area contributed by atoms with Gasteiger partial charge in [0.1, 0.15) is 11.5 Å². The van der Waals surface area contributed by atoms with Crippen molar-refractivity contribution in [2.45, 2.75) is 69.7 Å². The Morgan fingerprint density at radius 2 is 1.95 bits per heavy atom. The Morgan fingerprint density at radius 1 is 1.16 bits per heavy atom. The molecule has 0 spiro atoms. The number of carbonyl (C=O) groups is 1. The number of hydrogen-bond donors (Lipinski definition) is 2. The first-order chi connectivity index (χ1) is 18.3. The van der Waals surface area contributed by atoms with Crippen LogP contribution < -0.4 is 0 Å². The highest BCUT2D eigenvalue weighted by Crippen LogP contribution is 2.46. The van der Waals surface area contributed by atoms with Crippen molar-refractivity contribution < 1.29 is 24.3 Å². The normalized spacial score (nSPS) is 21.6. The molecule has 2 aliphatic rings. The van der Waals surface area contributed by atoms with E-state index in [4.69, 9.17) is 20.9 Å². The van der Waals surface area contributed by atoms with Gasteiger partial charge in [-0.15, -0.1) is 0 Å². The number of aryl methyl sites for hydroxylation is 1. The van der Waals surface area contributed by atoms with Crippen LogP contribution in [0.3, 0.4) is 0 Å². The number of carboxylic acids is 1. The smallest absolute Gasteiger partial charge is 0.336 e. The van der Waals surface area contributed by atoms with Crippen molar-refractivity contribution in [1.29, 1.82) is 0 Å². The first-order valence-electron chi connectivity index (χ1n) is 13.0. The molecule has 0 atom stereocenters. The van der Waals surface area contributed by atoms with Gasteiger partial charge in [-0.3, -0.25) is 4.98 Å². The van der Waals surface area contributed by atoms with Gasteiger partial charge in [0, 0.05) is 28.6 Å². The van der Waals surface area contributed by atoms with E-state index in [9.17, 15) is 15.0 Å². The van der Waals surface area contributed by atoms with Crippen LogP contribution in [0, 0.1) is 6.92 Å². The van der Waals surface area contributed by atoms with Crippen molar-refractivity contribution in [3.8, 4) is 11.3 Å². The molecule has 7 nitrogen and oxygen atoms in total. The summed E-state index contributed by atoms with van der Waals surface area (Å²) >= 11 is 6.56. The molecule has 2 aromatic heterocycles. The van der Waals surface area contributed by atoms with Crippen LogP contribution in [0.4, 0.5) is 0 Å². The molecule has 2 saturated carbocycles. The van der Waals surface area contributed by atoms with Gasteiger partial charge in [0.2, 0.25) is 0 Å². The van der Waals surface area contributed by atoms with Crippen molar-refractivity contribution in [2.24, 2.45) is 0 Å². The van der Waals surface area contributed by atoms with E-state index in [-0.39, 0.29) is 11.7 Å². The maximum atomic E-state index is 11.7. The number of ether oxygens (including phenoxy) is 1. The maximum Gasteiger partial charge on any atom is 0.336 e. The lowest BCUT2D eigenvalue weighted by Crippen LogP contribution is -2.34. The second kappa shape index (κ2) is 9.80. The third-order valence-electron chi connectivity index (χ3n) is 7.96. The molecule has 8 heteroatoms. The maximum absolute atomic E-state index is 11.7. The zero-order chi connectivity index (χ0) is 26.4. The summed E-state index contributed by atoms with van der Waals surface area (Å²) in [6.45, 7) is 2.39. The van der Waals surface area contributed by atoms with E-state index >= 15 is 0 Å². The molecule has 0 amide bonds. The zero-order valence-corrected chi connectivity index (χ0v) is 21.9. The number of benzene rings is 2. The molecule has 2 heterocycles. The molecule has 0 bridgehead atoms. The topological polar surface area (TPSA) is 106 Å². The Bertz CT molecular complexity index is 1500. The first-order valence-corrected chi connectivity index (χ1v) is 13.4. The second-order valence-corrected chi connectivity index (χ2v) is 10.9. The Balaban J connectivity index is 1.19. The summed E-state index contributed by atoms with van der Waals surface area (Å²) in [6, 6.07) is 12.7. The van der Waals surface area contributed by atoms with Crippen LogP contribution in [0.1, 0.15) is 77.3 Å². The van der Waals surface area contributed by atoms with Gasteiger partial charge in [0.05, 0.1) is 34.4 Å². The predicted molar refractivity (Wildman–Crippen MR) is 143 cm³/mol. The average molecular weight is 533 g/mol. The average Bonchev–Trinajstić information content (AvgIpc) is 3.67. The molecule has 196 valence electrons. The number of pyridine rings is 1. The fraction of sp³-hybridized carbons (Fsp3) is 0.367. The SMILES string of the molecule is Cc1cccc(Cl)c1-c1noc(C2CC2)c1COC1CCC(O)(c2ccc3nccc(C(=O)O)c3c2)CC1. The number of aromatic carboxylic acids is 1. The van der Waals surface area contributed by atoms with Crippen LogP contribution in [0.5, 0.6) is 0 Å². The zero-order valence-electron chi connectivity index (χ0n) is 21.1. The van der Waals surface area contributed by atoms with Gasteiger partial charge in [-0.05, 0) is 80.8 Å². The minimum atomic E-state index is -1.05. The van der Waals surface area contributed by atoms with Crippen molar-refractivity contribution in [3.63, 3.8) is 0 Å². The molecule has 2 aliphatic carbocycles. The Morgan fingerprint density at radius 3 is 2.66 bits per heavy atom. The fourth-order valence-corrected chi connectivity index (χ4v) is 5.91. The van der Waals surface area contributed by atoms with E-state index in [1.54, 1.807) is 12.1 Å². The Labute approximate surface area is 225 Å². The Kier molecular flexibility index (Phi) is 6.46. The molecule has 0 aliphatic heterocycles.